The number of carbonyl (C=O) groups is 1. The zero-order valence-corrected chi connectivity index (χ0v) is 12.3. The van der Waals surface area contributed by atoms with Crippen LogP contribution in [0.5, 0.6) is 0 Å². The Labute approximate surface area is 99.6 Å². The molecule has 1 aliphatic carbocycles. The average Bonchev–Trinajstić information content (AvgIpc) is 2.64. The van der Waals surface area contributed by atoms with Crippen LogP contribution in [0.3, 0.4) is 0 Å². The number of ether oxygens (including phenoxy) is 1. The Kier molecular flexibility index (Phi) is 3.85. The number of esters is 1. The van der Waals surface area contributed by atoms with E-state index in [1.54, 1.807) is 0 Å². The molecule has 1 saturated carbocycles. The molecule has 1 aliphatic rings. The van der Waals surface area contributed by atoms with E-state index in [2.05, 4.69) is 33.5 Å². The van der Waals surface area contributed by atoms with Crippen molar-refractivity contribution in [3.8, 4) is 0 Å². The lowest BCUT2D eigenvalue weighted by Gasteiger charge is -2.17. The van der Waals surface area contributed by atoms with Crippen LogP contribution in [0.25, 0.3) is 0 Å². The lowest BCUT2D eigenvalue weighted by Crippen LogP contribution is -2.27. The maximum Gasteiger partial charge on any atom is 0.309 e. The van der Waals surface area contributed by atoms with Crippen LogP contribution in [0.2, 0.25) is 19.6 Å². The average molecular weight is 244 g/mol. The summed E-state index contributed by atoms with van der Waals surface area (Å²) in [6, 6.07) is 0. The lowest BCUT2D eigenvalue weighted by molar-refractivity contribution is -0.145. The summed E-state index contributed by atoms with van der Waals surface area (Å²) in [5.41, 5.74) is 0.0475. The highest BCUT2D eigenvalue weighted by molar-refractivity contribution is 6.69. The summed E-state index contributed by atoms with van der Waals surface area (Å²) in [6.45, 7) is 13.8. The van der Waals surface area contributed by atoms with E-state index in [0.717, 1.165) is 0 Å². The Bertz CT molecular complexity index is 268. The second-order valence-electron chi connectivity index (χ2n) is 6.08. The van der Waals surface area contributed by atoms with Gasteiger partial charge in [0.15, 0.2) is 8.32 Å². The number of hydrogen-bond donors (Lipinski definition) is 0. The molecule has 0 amide bonds. The van der Waals surface area contributed by atoms with E-state index >= 15 is 0 Å². The third-order valence-corrected chi connectivity index (χ3v) is 4.32. The minimum Gasteiger partial charge on any atom is -0.466 e. The maximum absolute atomic E-state index is 11.7. The first kappa shape index (κ1) is 13.7. The highest BCUT2D eigenvalue weighted by Gasteiger charge is 2.62. The van der Waals surface area contributed by atoms with Crippen molar-refractivity contribution in [3.63, 3.8) is 0 Å². The third kappa shape index (κ3) is 3.07. The number of rotatable bonds is 5. The van der Waals surface area contributed by atoms with Crippen molar-refractivity contribution in [1.82, 2.24) is 0 Å². The van der Waals surface area contributed by atoms with Crippen molar-refractivity contribution in [2.75, 3.05) is 13.2 Å². The number of carbonyl (C=O) groups excluding carboxylic acids is 1. The second kappa shape index (κ2) is 4.49. The van der Waals surface area contributed by atoms with E-state index in [9.17, 15) is 4.79 Å². The molecule has 0 heterocycles. The van der Waals surface area contributed by atoms with Gasteiger partial charge in [0.05, 0.1) is 12.5 Å². The molecule has 0 radical (unpaired) electrons. The van der Waals surface area contributed by atoms with Crippen molar-refractivity contribution in [1.29, 1.82) is 0 Å². The van der Waals surface area contributed by atoms with E-state index in [1.807, 2.05) is 6.92 Å². The summed E-state index contributed by atoms with van der Waals surface area (Å²) in [6.07, 6.45) is 0. The molecule has 0 aromatic heterocycles. The van der Waals surface area contributed by atoms with Crippen molar-refractivity contribution in [2.45, 2.75) is 40.4 Å². The summed E-state index contributed by atoms with van der Waals surface area (Å²) >= 11 is 0. The molecule has 3 nitrogen and oxygen atoms in total. The van der Waals surface area contributed by atoms with Gasteiger partial charge in [-0.1, -0.05) is 13.8 Å². The molecular weight excluding hydrogens is 220 g/mol. The van der Waals surface area contributed by atoms with Gasteiger partial charge in [-0.2, -0.15) is 0 Å². The molecule has 2 atom stereocenters. The molecule has 4 heteroatoms. The van der Waals surface area contributed by atoms with Gasteiger partial charge in [-0.05, 0) is 32.0 Å². The molecule has 1 rings (SSSR count). The molecule has 0 aliphatic heterocycles. The summed E-state index contributed by atoms with van der Waals surface area (Å²) in [7, 11) is -1.48. The Balaban J connectivity index is 2.48. The van der Waals surface area contributed by atoms with Crippen LogP contribution < -0.4 is 0 Å². The van der Waals surface area contributed by atoms with Crippen molar-refractivity contribution in [3.05, 3.63) is 0 Å². The predicted octanol–water partition coefficient (Wildman–Crippen LogP) is 2.67. The number of hydrogen-bond acceptors (Lipinski definition) is 3. The first-order valence-electron chi connectivity index (χ1n) is 6.00. The molecule has 0 unspecified atom stereocenters. The van der Waals surface area contributed by atoms with E-state index in [1.165, 1.54) is 0 Å². The van der Waals surface area contributed by atoms with Gasteiger partial charge in [0.25, 0.3) is 0 Å². The van der Waals surface area contributed by atoms with E-state index in [-0.39, 0.29) is 17.3 Å². The summed E-state index contributed by atoms with van der Waals surface area (Å²) in [4.78, 5) is 11.7. The molecule has 1 fully saturated rings. The lowest BCUT2D eigenvalue weighted by atomic mass is 10.1. The van der Waals surface area contributed by atoms with Gasteiger partial charge in [0, 0.05) is 12.5 Å². The Morgan fingerprint density at radius 2 is 1.88 bits per heavy atom. The molecule has 0 aromatic rings. The molecule has 0 aromatic carbocycles. The predicted molar refractivity (Wildman–Crippen MR) is 66.7 cm³/mol. The van der Waals surface area contributed by atoms with Crippen LogP contribution in [0.1, 0.15) is 20.8 Å². The fourth-order valence-corrected chi connectivity index (χ4v) is 2.77. The highest BCUT2D eigenvalue weighted by atomic mass is 28.4. The quantitative estimate of drug-likeness (QED) is 0.551. The van der Waals surface area contributed by atoms with Crippen LogP contribution >= 0.6 is 0 Å². The molecule has 0 N–H and O–H groups in total. The van der Waals surface area contributed by atoms with Gasteiger partial charge >= 0.3 is 5.97 Å². The van der Waals surface area contributed by atoms with Crippen molar-refractivity contribution >= 4 is 14.3 Å². The molecule has 94 valence electrons. The van der Waals surface area contributed by atoms with Crippen molar-refractivity contribution in [2.24, 2.45) is 17.3 Å². The van der Waals surface area contributed by atoms with Crippen LogP contribution in [0, 0.1) is 17.3 Å². The van der Waals surface area contributed by atoms with Crippen LogP contribution in [0.15, 0.2) is 0 Å². The van der Waals surface area contributed by atoms with Gasteiger partial charge < -0.3 is 9.16 Å². The summed E-state index contributed by atoms with van der Waals surface area (Å²) in [5, 5.41) is 0. The van der Waals surface area contributed by atoms with Gasteiger partial charge in [0.2, 0.25) is 0 Å². The minimum atomic E-state index is -1.48. The van der Waals surface area contributed by atoms with Gasteiger partial charge in [-0.25, -0.2) is 0 Å². The Morgan fingerprint density at radius 3 is 2.31 bits per heavy atom. The molecule has 0 saturated heterocycles. The summed E-state index contributed by atoms with van der Waals surface area (Å²) in [5.74, 6) is 0.304. The molecule has 16 heavy (non-hydrogen) atoms. The standard InChI is InChI=1S/C12H24O3Si/c1-7-14-11(13)10-9(12(10,2)3)8-15-16(4,5)6/h9-10H,7-8H2,1-6H3/t9-,10+/m1/s1. The third-order valence-electron chi connectivity index (χ3n) is 3.29. The zero-order valence-electron chi connectivity index (χ0n) is 11.3. The zero-order chi connectivity index (χ0) is 12.6. The van der Waals surface area contributed by atoms with Crippen LogP contribution in [-0.4, -0.2) is 27.5 Å². The maximum atomic E-state index is 11.7. The first-order chi connectivity index (χ1) is 7.20. The van der Waals surface area contributed by atoms with E-state index in [4.69, 9.17) is 9.16 Å². The Morgan fingerprint density at radius 1 is 1.31 bits per heavy atom. The van der Waals surface area contributed by atoms with Crippen molar-refractivity contribution < 1.29 is 14.0 Å². The summed E-state index contributed by atoms with van der Waals surface area (Å²) < 4.78 is 11.0. The second-order valence-corrected chi connectivity index (χ2v) is 10.6. The molecular formula is C12H24O3Si. The topological polar surface area (TPSA) is 35.5 Å². The van der Waals surface area contributed by atoms with Gasteiger partial charge in [-0.15, -0.1) is 0 Å². The van der Waals surface area contributed by atoms with Gasteiger partial charge in [-0.3, -0.25) is 4.79 Å². The smallest absolute Gasteiger partial charge is 0.309 e. The monoisotopic (exact) mass is 244 g/mol. The fourth-order valence-electron chi connectivity index (χ4n) is 2.09. The van der Waals surface area contributed by atoms with Crippen LogP contribution in [-0.2, 0) is 14.0 Å². The normalized spacial score (nSPS) is 27.6. The SMILES string of the molecule is CCOC(=O)[C@@H]1[C@@H](CO[Si](C)(C)C)C1(C)C. The van der Waals surface area contributed by atoms with E-state index in [0.29, 0.717) is 19.1 Å². The molecule has 0 bridgehead atoms. The van der Waals surface area contributed by atoms with E-state index < -0.39 is 8.32 Å². The first-order valence-corrected chi connectivity index (χ1v) is 9.41. The largest absolute Gasteiger partial charge is 0.466 e. The highest BCUT2D eigenvalue weighted by Crippen LogP contribution is 2.58. The Hall–Kier alpha value is -0.353. The fraction of sp³-hybridized carbons (Fsp3) is 0.917. The van der Waals surface area contributed by atoms with Crippen LogP contribution in [0.4, 0.5) is 0 Å². The van der Waals surface area contributed by atoms with Gasteiger partial charge in [0.1, 0.15) is 0 Å². The molecule has 0 spiro atoms. The minimum absolute atomic E-state index is 0.0313.